The Bertz CT molecular complexity index is 3280. The zero-order valence-electron chi connectivity index (χ0n) is 30.9. The van der Waals surface area contributed by atoms with Gasteiger partial charge in [0.2, 0.25) is 0 Å². The molecule has 7 aromatic carbocycles. The number of rotatable bonds is 6. The molecule has 0 aliphatic heterocycles. The molecule has 0 radical (unpaired) electrons. The van der Waals surface area contributed by atoms with Crippen molar-refractivity contribution < 1.29 is 0 Å². The van der Waals surface area contributed by atoms with E-state index in [0.29, 0.717) is 11.4 Å². The molecule has 0 unspecified atom stereocenters. The summed E-state index contributed by atoms with van der Waals surface area (Å²) in [5, 5.41) is 14.6. The van der Waals surface area contributed by atoms with Crippen molar-refractivity contribution in [1.29, 1.82) is 5.26 Å². The topological polar surface area (TPSA) is 62.5 Å². The summed E-state index contributed by atoms with van der Waals surface area (Å²) in [4.78, 5) is 15.0. The van der Waals surface area contributed by atoms with Gasteiger partial charge in [0.15, 0.2) is 5.82 Å². The van der Waals surface area contributed by atoms with Crippen molar-refractivity contribution >= 4 is 63.0 Å². The van der Waals surface area contributed by atoms with Crippen LogP contribution in [0.15, 0.2) is 182 Å². The average Bonchev–Trinajstić information content (AvgIpc) is 3.87. The van der Waals surface area contributed by atoms with Crippen molar-refractivity contribution in [3.8, 4) is 73.4 Å². The van der Waals surface area contributed by atoms with Gasteiger partial charge in [-0.15, -0.1) is 22.7 Å². The van der Waals surface area contributed by atoms with E-state index in [1.54, 1.807) is 6.20 Å². The van der Waals surface area contributed by atoms with Gasteiger partial charge in [-0.1, -0.05) is 91.0 Å². The van der Waals surface area contributed by atoms with Gasteiger partial charge in [-0.05, 0) is 107 Å². The Labute approximate surface area is 342 Å². The molecule has 11 rings (SSSR count). The van der Waals surface area contributed by atoms with Crippen LogP contribution in [0.3, 0.4) is 0 Å². The van der Waals surface area contributed by atoms with Crippen molar-refractivity contribution in [3.63, 3.8) is 0 Å². The highest BCUT2D eigenvalue weighted by Gasteiger charge is 2.17. The zero-order chi connectivity index (χ0) is 38.6. The van der Waals surface area contributed by atoms with E-state index in [0.717, 1.165) is 61.5 Å². The molecule has 11 aromatic rings. The summed E-state index contributed by atoms with van der Waals surface area (Å²) in [6, 6.07) is 62.0. The molecule has 0 atom stereocenters. The zero-order valence-corrected chi connectivity index (χ0v) is 32.6. The first-order chi connectivity index (χ1) is 28.6. The monoisotopic (exact) mass is 774 g/mol. The van der Waals surface area contributed by atoms with E-state index in [1.165, 1.54) is 40.3 Å². The number of fused-ring (bicyclic) bond motifs is 6. The van der Waals surface area contributed by atoms with Gasteiger partial charge in [0, 0.05) is 75.0 Å². The quantitative estimate of drug-likeness (QED) is 0.169. The third-order valence-electron chi connectivity index (χ3n) is 10.8. The van der Waals surface area contributed by atoms with Crippen LogP contribution in [0.2, 0.25) is 0 Å². The molecule has 4 nitrogen and oxygen atoms in total. The van der Waals surface area contributed by atoms with E-state index in [4.69, 9.17) is 9.97 Å². The molecule has 4 aromatic heterocycles. The van der Waals surface area contributed by atoms with Crippen molar-refractivity contribution in [3.05, 3.63) is 188 Å². The van der Waals surface area contributed by atoms with Gasteiger partial charge in [0.1, 0.15) is 0 Å². The highest BCUT2D eigenvalue weighted by atomic mass is 32.1. The van der Waals surface area contributed by atoms with Crippen LogP contribution in [0.5, 0.6) is 0 Å². The predicted octanol–water partition coefficient (Wildman–Crippen LogP) is 14.5. The van der Waals surface area contributed by atoms with Crippen LogP contribution in [0.25, 0.3) is 108 Å². The molecule has 0 bridgehead atoms. The highest BCUT2D eigenvalue weighted by molar-refractivity contribution is 7.26. The molecule has 0 saturated carbocycles. The van der Waals surface area contributed by atoms with Crippen molar-refractivity contribution in [1.82, 2.24) is 15.0 Å². The molecule has 0 saturated heterocycles. The molecule has 0 fully saturated rings. The van der Waals surface area contributed by atoms with Crippen LogP contribution in [0, 0.1) is 11.3 Å². The normalized spacial score (nSPS) is 11.4. The Hall–Kier alpha value is -7.30. The van der Waals surface area contributed by atoms with Crippen LogP contribution in [-0.2, 0) is 0 Å². The number of hydrogen-bond acceptors (Lipinski definition) is 6. The largest absolute Gasteiger partial charge is 0.264 e. The molecule has 0 spiro atoms. The molecule has 58 heavy (non-hydrogen) atoms. The Morgan fingerprint density at radius 2 is 0.931 bits per heavy atom. The first kappa shape index (κ1) is 34.0. The minimum atomic E-state index is 0.600. The molecular weight excluding hydrogens is 745 g/mol. The fraction of sp³-hybridized carbons (Fsp3) is 0. The predicted molar refractivity (Wildman–Crippen MR) is 243 cm³/mol. The maximum absolute atomic E-state index is 9.58. The van der Waals surface area contributed by atoms with Crippen molar-refractivity contribution in [2.45, 2.75) is 0 Å². The number of nitriles is 1. The fourth-order valence-corrected chi connectivity index (χ4v) is 10.1. The van der Waals surface area contributed by atoms with E-state index < -0.39 is 0 Å². The van der Waals surface area contributed by atoms with Gasteiger partial charge >= 0.3 is 0 Å². The average molecular weight is 775 g/mol. The number of thiophene rings is 2. The second-order valence-electron chi connectivity index (χ2n) is 14.4. The van der Waals surface area contributed by atoms with E-state index in [2.05, 4.69) is 138 Å². The smallest absolute Gasteiger partial charge is 0.161 e. The summed E-state index contributed by atoms with van der Waals surface area (Å²) >= 11 is 3.66. The summed E-state index contributed by atoms with van der Waals surface area (Å²) < 4.78 is 5.12. The SMILES string of the molecule is N#Cc1ccc(-c2cc(-c3cc(-c4ccc5sc6ccccc6c5c4)cc(-c4ccc5sc6ccccc6c5c4)c3)nc(-c3ccccc3-c3cccnc3)n2)cc1. The Morgan fingerprint density at radius 1 is 0.397 bits per heavy atom. The van der Waals surface area contributed by atoms with Gasteiger partial charge in [-0.2, -0.15) is 5.26 Å². The summed E-state index contributed by atoms with van der Waals surface area (Å²) in [6.07, 6.45) is 3.66. The lowest BCUT2D eigenvalue weighted by molar-refractivity contribution is 1.18. The molecule has 0 aliphatic carbocycles. The third-order valence-corrected chi connectivity index (χ3v) is 13.1. The van der Waals surface area contributed by atoms with E-state index in [-0.39, 0.29) is 0 Å². The first-order valence-corrected chi connectivity index (χ1v) is 20.7. The second-order valence-corrected chi connectivity index (χ2v) is 16.5. The molecule has 270 valence electrons. The number of pyridine rings is 1. The lowest BCUT2D eigenvalue weighted by atomic mass is 9.93. The van der Waals surface area contributed by atoms with E-state index in [1.807, 2.05) is 71.3 Å². The Balaban J connectivity index is 1.15. The molecule has 4 heterocycles. The maximum Gasteiger partial charge on any atom is 0.161 e. The Kier molecular flexibility index (Phi) is 8.21. The van der Waals surface area contributed by atoms with Gasteiger partial charge in [-0.3, -0.25) is 4.98 Å². The van der Waals surface area contributed by atoms with E-state index in [9.17, 15) is 5.26 Å². The molecule has 0 aliphatic rings. The van der Waals surface area contributed by atoms with Gasteiger partial charge in [0.05, 0.1) is 23.0 Å². The Morgan fingerprint density at radius 3 is 1.53 bits per heavy atom. The molecule has 6 heteroatoms. The minimum absolute atomic E-state index is 0.600. The number of benzene rings is 7. The van der Waals surface area contributed by atoms with Crippen molar-refractivity contribution in [2.75, 3.05) is 0 Å². The summed E-state index contributed by atoms with van der Waals surface area (Å²) in [5.74, 6) is 0.612. The number of nitrogens with zero attached hydrogens (tertiary/aromatic N) is 4. The minimum Gasteiger partial charge on any atom is -0.264 e. The molecular formula is C52H30N4S2. The van der Waals surface area contributed by atoms with Crippen LogP contribution in [-0.4, -0.2) is 15.0 Å². The van der Waals surface area contributed by atoms with E-state index >= 15 is 0 Å². The third kappa shape index (κ3) is 6.02. The maximum atomic E-state index is 9.58. The summed E-state index contributed by atoms with van der Waals surface area (Å²) in [6.45, 7) is 0. The summed E-state index contributed by atoms with van der Waals surface area (Å²) in [7, 11) is 0. The first-order valence-electron chi connectivity index (χ1n) is 19.0. The number of aromatic nitrogens is 3. The highest BCUT2D eigenvalue weighted by Crippen LogP contribution is 2.41. The lowest BCUT2D eigenvalue weighted by Gasteiger charge is -2.15. The lowest BCUT2D eigenvalue weighted by Crippen LogP contribution is -1.98. The van der Waals surface area contributed by atoms with Gasteiger partial charge in [0.25, 0.3) is 0 Å². The van der Waals surface area contributed by atoms with Crippen LogP contribution >= 0.6 is 22.7 Å². The number of hydrogen-bond donors (Lipinski definition) is 0. The van der Waals surface area contributed by atoms with Gasteiger partial charge in [-0.25, -0.2) is 9.97 Å². The molecule has 0 N–H and O–H groups in total. The van der Waals surface area contributed by atoms with Crippen LogP contribution in [0.1, 0.15) is 5.56 Å². The van der Waals surface area contributed by atoms with Gasteiger partial charge < -0.3 is 0 Å². The second kappa shape index (κ2) is 14.0. The fourth-order valence-electron chi connectivity index (χ4n) is 7.95. The standard InChI is InChI=1S/C52H30N4S2/c53-30-32-15-17-33(18-16-32)46-29-47(56-52(55-46)43-12-2-1-9-40(43)36-8-7-23-54-31-36)39-25-37(34-19-21-50-44(27-34)41-10-3-5-13-48(41)57-50)24-38(26-39)35-20-22-51-45(28-35)42-11-4-6-14-49(42)58-51/h1-29,31H. The van der Waals surface area contributed by atoms with Crippen LogP contribution < -0.4 is 0 Å². The van der Waals surface area contributed by atoms with Crippen LogP contribution in [0.4, 0.5) is 0 Å². The molecule has 0 amide bonds. The summed E-state index contributed by atoms with van der Waals surface area (Å²) in [5.41, 5.74) is 11.5. The van der Waals surface area contributed by atoms with Crippen molar-refractivity contribution in [2.24, 2.45) is 0 Å².